The van der Waals surface area contributed by atoms with Crippen LogP contribution in [-0.2, 0) is 4.74 Å². The van der Waals surface area contributed by atoms with Gasteiger partial charge >= 0.3 is 0 Å². The molecule has 0 aliphatic heterocycles. The molecular weight excluding hydrogens is 279 g/mol. The summed E-state index contributed by atoms with van der Waals surface area (Å²) < 4.78 is 17.8. The van der Waals surface area contributed by atoms with Crippen molar-refractivity contribution in [2.45, 2.75) is 6.04 Å². The molecule has 0 aliphatic carbocycles. The molecule has 0 saturated carbocycles. The van der Waals surface area contributed by atoms with Crippen LogP contribution in [0.4, 0.5) is 10.1 Å². The molecular formula is C11H12ClFN2O4. The second-order valence-corrected chi connectivity index (χ2v) is 4.01. The van der Waals surface area contributed by atoms with Crippen LogP contribution < -0.4 is 5.32 Å². The Kier molecular flexibility index (Phi) is 5.65. The van der Waals surface area contributed by atoms with Crippen molar-refractivity contribution >= 4 is 23.2 Å². The van der Waals surface area contributed by atoms with Gasteiger partial charge in [-0.3, -0.25) is 14.9 Å². The molecule has 1 aromatic carbocycles. The summed E-state index contributed by atoms with van der Waals surface area (Å²) in [7, 11) is 1.44. The van der Waals surface area contributed by atoms with Gasteiger partial charge in [0.05, 0.1) is 23.6 Å². The van der Waals surface area contributed by atoms with Gasteiger partial charge in [0.2, 0.25) is 0 Å². The third kappa shape index (κ3) is 4.15. The first kappa shape index (κ1) is 15.3. The lowest BCUT2D eigenvalue weighted by Crippen LogP contribution is -2.39. The summed E-state index contributed by atoms with van der Waals surface area (Å²) in [6.07, 6.45) is 0. The third-order valence-electron chi connectivity index (χ3n) is 2.29. The van der Waals surface area contributed by atoms with Gasteiger partial charge in [-0.1, -0.05) is 0 Å². The van der Waals surface area contributed by atoms with Gasteiger partial charge in [-0.05, 0) is 12.1 Å². The SMILES string of the molecule is COCC(CCl)NC(=O)c1ccc(F)cc1[N+](=O)[O-]. The molecule has 0 spiro atoms. The van der Waals surface area contributed by atoms with Crippen LogP contribution in [0.25, 0.3) is 0 Å². The van der Waals surface area contributed by atoms with Crippen LogP contribution in [0, 0.1) is 15.9 Å². The van der Waals surface area contributed by atoms with Crippen LogP contribution in [0.5, 0.6) is 0 Å². The van der Waals surface area contributed by atoms with Gasteiger partial charge in [0, 0.05) is 13.0 Å². The number of nitro benzene ring substituents is 1. The summed E-state index contributed by atoms with van der Waals surface area (Å²) in [6, 6.07) is 2.25. The van der Waals surface area contributed by atoms with Gasteiger partial charge in [-0.15, -0.1) is 11.6 Å². The Hall–Kier alpha value is -1.73. The van der Waals surface area contributed by atoms with Crippen molar-refractivity contribution in [1.82, 2.24) is 5.32 Å². The van der Waals surface area contributed by atoms with Gasteiger partial charge in [0.1, 0.15) is 11.4 Å². The van der Waals surface area contributed by atoms with Crippen molar-refractivity contribution in [3.63, 3.8) is 0 Å². The van der Waals surface area contributed by atoms with Gasteiger partial charge in [-0.25, -0.2) is 4.39 Å². The molecule has 0 fully saturated rings. The highest BCUT2D eigenvalue weighted by Gasteiger charge is 2.22. The molecule has 0 aliphatic rings. The van der Waals surface area contributed by atoms with E-state index < -0.39 is 28.4 Å². The van der Waals surface area contributed by atoms with E-state index in [2.05, 4.69) is 5.32 Å². The number of alkyl halides is 1. The molecule has 6 nitrogen and oxygen atoms in total. The standard InChI is InChI=1S/C11H12ClFN2O4/c1-19-6-8(5-12)14-11(16)9-3-2-7(13)4-10(9)15(17)18/h2-4,8H,5-6H2,1H3,(H,14,16). The highest BCUT2D eigenvalue weighted by atomic mass is 35.5. The molecule has 1 rings (SSSR count). The average Bonchev–Trinajstić information content (AvgIpc) is 2.37. The normalized spacial score (nSPS) is 11.9. The Morgan fingerprint density at radius 2 is 2.32 bits per heavy atom. The molecule has 0 aromatic heterocycles. The van der Waals surface area contributed by atoms with Crippen LogP contribution in [-0.4, -0.2) is 36.5 Å². The average molecular weight is 291 g/mol. The number of ether oxygens (including phenoxy) is 1. The number of amides is 1. The summed E-state index contributed by atoms with van der Waals surface area (Å²) in [4.78, 5) is 21.8. The van der Waals surface area contributed by atoms with Crippen molar-refractivity contribution in [3.8, 4) is 0 Å². The van der Waals surface area contributed by atoms with E-state index in [9.17, 15) is 19.3 Å². The lowest BCUT2D eigenvalue weighted by atomic mass is 10.1. The molecule has 8 heteroatoms. The van der Waals surface area contributed by atoms with E-state index in [1.165, 1.54) is 7.11 Å². The van der Waals surface area contributed by atoms with Gasteiger partial charge in [0.15, 0.2) is 0 Å². The number of hydrogen-bond acceptors (Lipinski definition) is 4. The lowest BCUT2D eigenvalue weighted by molar-refractivity contribution is -0.385. The molecule has 1 unspecified atom stereocenters. The second kappa shape index (κ2) is 7.01. The van der Waals surface area contributed by atoms with Crippen LogP contribution in [0.15, 0.2) is 18.2 Å². The van der Waals surface area contributed by atoms with E-state index in [4.69, 9.17) is 16.3 Å². The molecule has 0 bridgehead atoms. The van der Waals surface area contributed by atoms with Crippen molar-refractivity contribution in [2.75, 3.05) is 19.6 Å². The minimum absolute atomic E-state index is 0.0918. The van der Waals surface area contributed by atoms with E-state index >= 15 is 0 Å². The Bertz CT molecular complexity index is 484. The molecule has 0 heterocycles. The largest absolute Gasteiger partial charge is 0.383 e. The fourth-order valence-corrected chi connectivity index (χ4v) is 1.60. The van der Waals surface area contributed by atoms with E-state index in [0.717, 1.165) is 12.1 Å². The number of hydrogen-bond donors (Lipinski definition) is 1. The number of benzene rings is 1. The Balaban J connectivity index is 2.96. The number of nitrogens with one attached hydrogen (secondary N) is 1. The molecule has 104 valence electrons. The van der Waals surface area contributed by atoms with Gasteiger partial charge in [-0.2, -0.15) is 0 Å². The molecule has 1 N–H and O–H groups in total. The van der Waals surface area contributed by atoms with E-state index in [-0.39, 0.29) is 18.1 Å². The minimum Gasteiger partial charge on any atom is -0.383 e. The van der Waals surface area contributed by atoms with E-state index in [1.54, 1.807) is 0 Å². The van der Waals surface area contributed by atoms with Crippen LogP contribution in [0.2, 0.25) is 0 Å². The van der Waals surface area contributed by atoms with Crippen LogP contribution >= 0.6 is 11.6 Å². The smallest absolute Gasteiger partial charge is 0.285 e. The van der Waals surface area contributed by atoms with E-state index in [0.29, 0.717) is 6.07 Å². The predicted octanol–water partition coefficient (Wildman–Crippen LogP) is 1.72. The number of carbonyl (C=O) groups excluding carboxylic acids is 1. The van der Waals surface area contributed by atoms with Crippen molar-refractivity contribution < 1.29 is 18.8 Å². The quantitative estimate of drug-likeness (QED) is 0.491. The fourth-order valence-electron chi connectivity index (χ4n) is 1.44. The fraction of sp³-hybridized carbons (Fsp3) is 0.364. The van der Waals surface area contributed by atoms with Crippen molar-refractivity contribution in [2.24, 2.45) is 0 Å². The highest BCUT2D eigenvalue weighted by molar-refractivity contribution is 6.18. The van der Waals surface area contributed by atoms with Gasteiger partial charge < -0.3 is 10.1 Å². The summed E-state index contributed by atoms with van der Waals surface area (Å²) in [5.74, 6) is -1.39. The summed E-state index contributed by atoms with van der Waals surface area (Å²) in [5, 5.41) is 13.2. The maximum Gasteiger partial charge on any atom is 0.285 e. The summed E-state index contributed by atoms with van der Waals surface area (Å²) >= 11 is 5.62. The Labute approximate surface area is 113 Å². The topological polar surface area (TPSA) is 81.5 Å². The lowest BCUT2D eigenvalue weighted by Gasteiger charge is -2.14. The van der Waals surface area contributed by atoms with Crippen molar-refractivity contribution in [3.05, 3.63) is 39.7 Å². The Morgan fingerprint density at radius 3 is 2.84 bits per heavy atom. The third-order valence-corrected chi connectivity index (χ3v) is 2.66. The molecule has 1 amide bonds. The molecule has 1 atom stereocenters. The zero-order chi connectivity index (χ0) is 14.4. The first-order valence-electron chi connectivity index (χ1n) is 5.29. The molecule has 0 radical (unpaired) electrons. The maximum atomic E-state index is 12.9. The predicted molar refractivity (Wildman–Crippen MR) is 66.9 cm³/mol. The zero-order valence-electron chi connectivity index (χ0n) is 10.1. The maximum absolute atomic E-state index is 12.9. The van der Waals surface area contributed by atoms with Crippen molar-refractivity contribution in [1.29, 1.82) is 0 Å². The van der Waals surface area contributed by atoms with Crippen LogP contribution in [0.3, 0.4) is 0 Å². The molecule has 1 aromatic rings. The molecule has 0 saturated heterocycles. The number of methoxy groups -OCH3 is 1. The number of halogens is 2. The number of carbonyl (C=O) groups is 1. The zero-order valence-corrected chi connectivity index (χ0v) is 10.8. The number of nitrogens with zero attached hydrogens (tertiary/aromatic N) is 1. The minimum atomic E-state index is -0.815. The van der Waals surface area contributed by atoms with Gasteiger partial charge in [0.25, 0.3) is 11.6 Å². The molecule has 19 heavy (non-hydrogen) atoms. The number of rotatable bonds is 6. The Morgan fingerprint density at radius 1 is 1.63 bits per heavy atom. The second-order valence-electron chi connectivity index (χ2n) is 3.70. The van der Waals surface area contributed by atoms with E-state index in [1.807, 2.05) is 0 Å². The summed E-state index contributed by atoms with van der Waals surface area (Å²) in [6.45, 7) is 0.171. The first-order valence-corrected chi connectivity index (χ1v) is 5.82. The monoisotopic (exact) mass is 290 g/mol. The first-order chi connectivity index (χ1) is 8.99. The highest BCUT2D eigenvalue weighted by Crippen LogP contribution is 2.19. The number of nitro groups is 1. The van der Waals surface area contributed by atoms with Crippen LogP contribution in [0.1, 0.15) is 10.4 Å². The summed E-state index contributed by atoms with van der Waals surface area (Å²) in [5.41, 5.74) is -0.819.